The van der Waals surface area contributed by atoms with Crippen molar-refractivity contribution in [1.29, 1.82) is 0 Å². The topological polar surface area (TPSA) is 50.4 Å². The van der Waals surface area contributed by atoms with Crippen LogP contribution < -0.4 is 15.4 Å². The van der Waals surface area contributed by atoms with Crippen LogP contribution in [-0.2, 0) is 4.79 Å². The maximum Gasteiger partial charge on any atom is 0.238 e. The minimum absolute atomic E-state index is 0.0656. The summed E-state index contributed by atoms with van der Waals surface area (Å²) >= 11 is 0. The molecule has 2 N–H and O–H groups in total. The standard InChI is InChI=1S/C20H24N2O2/c1-3-14-24-18-12-10-17(11-13-18)22-20(23)15-21-19(4-2)16-8-6-5-7-9-16/h3,5-13,19,21H,1,4,14-15H2,2H3,(H,22,23). The van der Waals surface area contributed by atoms with E-state index in [0.717, 1.165) is 17.9 Å². The molecule has 1 amide bonds. The van der Waals surface area contributed by atoms with Gasteiger partial charge in [-0.05, 0) is 36.2 Å². The largest absolute Gasteiger partial charge is 0.490 e. The van der Waals surface area contributed by atoms with Crippen LogP contribution >= 0.6 is 0 Å². The van der Waals surface area contributed by atoms with E-state index in [9.17, 15) is 4.79 Å². The Morgan fingerprint density at radius 3 is 2.50 bits per heavy atom. The molecule has 0 radical (unpaired) electrons. The number of carbonyl (C=O) groups excluding carboxylic acids is 1. The Morgan fingerprint density at radius 2 is 1.88 bits per heavy atom. The van der Waals surface area contributed by atoms with Crippen LogP contribution in [0.5, 0.6) is 5.75 Å². The van der Waals surface area contributed by atoms with Crippen LogP contribution in [0, 0.1) is 0 Å². The van der Waals surface area contributed by atoms with E-state index in [0.29, 0.717) is 6.61 Å². The van der Waals surface area contributed by atoms with Gasteiger partial charge in [-0.25, -0.2) is 0 Å². The Bertz CT molecular complexity index is 638. The smallest absolute Gasteiger partial charge is 0.238 e. The number of benzene rings is 2. The molecule has 0 heterocycles. The molecule has 2 rings (SSSR count). The molecule has 0 aromatic heterocycles. The second kappa shape index (κ2) is 9.53. The third-order valence-corrected chi connectivity index (χ3v) is 3.63. The summed E-state index contributed by atoms with van der Waals surface area (Å²) in [6.45, 7) is 6.44. The van der Waals surface area contributed by atoms with Gasteiger partial charge in [0.2, 0.25) is 5.91 Å². The van der Waals surface area contributed by atoms with E-state index < -0.39 is 0 Å². The van der Waals surface area contributed by atoms with Crippen molar-refractivity contribution in [2.24, 2.45) is 0 Å². The Morgan fingerprint density at radius 1 is 1.17 bits per heavy atom. The molecule has 4 nitrogen and oxygen atoms in total. The zero-order valence-corrected chi connectivity index (χ0v) is 14.0. The molecule has 24 heavy (non-hydrogen) atoms. The number of anilines is 1. The van der Waals surface area contributed by atoms with Crippen molar-refractivity contribution < 1.29 is 9.53 Å². The van der Waals surface area contributed by atoms with Crippen LogP contribution in [0.3, 0.4) is 0 Å². The monoisotopic (exact) mass is 324 g/mol. The van der Waals surface area contributed by atoms with Gasteiger partial charge in [-0.3, -0.25) is 4.79 Å². The lowest BCUT2D eigenvalue weighted by Gasteiger charge is -2.17. The number of nitrogens with one attached hydrogen (secondary N) is 2. The summed E-state index contributed by atoms with van der Waals surface area (Å²) in [5, 5.41) is 6.18. The predicted molar refractivity (Wildman–Crippen MR) is 98.2 cm³/mol. The molecule has 0 saturated heterocycles. The highest BCUT2D eigenvalue weighted by Crippen LogP contribution is 2.17. The van der Waals surface area contributed by atoms with E-state index in [4.69, 9.17) is 4.74 Å². The highest BCUT2D eigenvalue weighted by molar-refractivity contribution is 5.92. The van der Waals surface area contributed by atoms with E-state index in [1.54, 1.807) is 6.08 Å². The van der Waals surface area contributed by atoms with Crippen molar-refractivity contribution in [3.05, 3.63) is 72.8 Å². The van der Waals surface area contributed by atoms with Gasteiger partial charge in [0.25, 0.3) is 0 Å². The van der Waals surface area contributed by atoms with Crippen LogP contribution in [0.4, 0.5) is 5.69 Å². The maximum atomic E-state index is 12.1. The zero-order chi connectivity index (χ0) is 17.2. The van der Waals surface area contributed by atoms with Gasteiger partial charge in [0.05, 0.1) is 6.54 Å². The van der Waals surface area contributed by atoms with Crippen molar-refractivity contribution >= 4 is 11.6 Å². The summed E-state index contributed by atoms with van der Waals surface area (Å²) in [6, 6.07) is 17.6. The fourth-order valence-electron chi connectivity index (χ4n) is 2.39. The van der Waals surface area contributed by atoms with Crippen LogP contribution in [-0.4, -0.2) is 19.1 Å². The molecule has 2 aromatic rings. The molecule has 0 bridgehead atoms. The Hall–Kier alpha value is -2.59. The van der Waals surface area contributed by atoms with Crippen LogP contribution in [0.15, 0.2) is 67.3 Å². The van der Waals surface area contributed by atoms with E-state index in [-0.39, 0.29) is 18.5 Å². The maximum absolute atomic E-state index is 12.1. The summed E-state index contributed by atoms with van der Waals surface area (Å²) in [5.41, 5.74) is 1.94. The first-order chi connectivity index (χ1) is 11.7. The molecule has 0 spiro atoms. The Labute approximate surface area is 143 Å². The summed E-state index contributed by atoms with van der Waals surface area (Å²) in [7, 11) is 0. The summed E-state index contributed by atoms with van der Waals surface area (Å²) in [5.74, 6) is 0.685. The van der Waals surface area contributed by atoms with Gasteiger partial charge in [0.15, 0.2) is 0 Å². The lowest BCUT2D eigenvalue weighted by Crippen LogP contribution is -2.31. The van der Waals surface area contributed by atoms with Gasteiger partial charge in [-0.15, -0.1) is 0 Å². The van der Waals surface area contributed by atoms with Gasteiger partial charge < -0.3 is 15.4 Å². The van der Waals surface area contributed by atoms with E-state index in [1.165, 1.54) is 5.56 Å². The quantitative estimate of drug-likeness (QED) is 0.687. The minimum Gasteiger partial charge on any atom is -0.490 e. The number of ether oxygens (including phenoxy) is 1. The molecule has 0 aliphatic rings. The van der Waals surface area contributed by atoms with E-state index >= 15 is 0 Å². The Kier molecular flexibility index (Phi) is 7.05. The van der Waals surface area contributed by atoms with Crippen LogP contribution in [0.2, 0.25) is 0 Å². The number of hydrogen-bond donors (Lipinski definition) is 2. The second-order valence-electron chi connectivity index (χ2n) is 5.42. The van der Waals surface area contributed by atoms with Gasteiger partial charge in [-0.1, -0.05) is 49.9 Å². The van der Waals surface area contributed by atoms with Gasteiger partial charge >= 0.3 is 0 Å². The molecule has 2 aromatic carbocycles. The first kappa shape index (κ1) is 17.8. The first-order valence-electron chi connectivity index (χ1n) is 8.15. The van der Waals surface area contributed by atoms with E-state index in [2.05, 4.69) is 36.3 Å². The fraction of sp³-hybridized carbons (Fsp3) is 0.250. The predicted octanol–water partition coefficient (Wildman–Crippen LogP) is 3.93. The number of hydrogen-bond acceptors (Lipinski definition) is 3. The summed E-state index contributed by atoms with van der Waals surface area (Å²) < 4.78 is 5.41. The Balaban J connectivity index is 1.83. The molecule has 0 aliphatic heterocycles. The second-order valence-corrected chi connectivity index (χ2v) is 5.42. The van der Waals surface area contributed by atoms with Gasteiger partial charge in [0.1, 0.15) is 12.4 Å². The van der Waals surface area contributed by atoms with Crippen LogP contribution in [0.25, 0.3) is 0 Å². The molecule has 0 fully saturated rings. The molecule has 126 valence electrons. The molecule has 1 atom stereocenters. The third-order valence-electron chi connectivity index (χ3n) is 3.63. The number of amides is 1. The third kappa shape index (κ3) is 5.56. The van der Waals surface area contributed by atoms with Crippen molar-refractivity contribution in [1.82, 2.24) is 5.32 Å². The molecular weight excluding hydrogens is 300 g/mol. The average molecular weight is 324 g/mol. The van der Waals surface area contributed by atoms with Gasteiger partial charge in [0, 0.05) is 11.7 Å². The first-order valence-corrected chi connectivity index (χ1v) is 8.15. The van der Waals surface area contributed by atoms with Crippen molar-refractivity contribution in [2.45, 2.75) is 19.4 Å². The molecule has 1 unspecified atom stereocenters. The van der Waals surface area contributed by atoms with Crippen molar-refractivity contribution in [3.8, 4) is 5.75 Å². The average Bonchev–Trinajstić information content (AvgIpc) is 2.62. The van der Waals surface area contributed by atoms with Crippen molar-refractivity contribution in [2.75, 3.05) is 18.5 Å². The minimum atomic E-state index is -0.0656. The highest BCUT2D eigenvalue weighted by atomic mass is 16.5. The fourth-order valence-corrected chi connectivity index (χ4v) is 2.39. The lowest BCUT2D eigenvalue weighted by molar-refractivity contribution is -0.115. The molecule has 4 heteroatoms. The molecule has 0 saturated carbocycles. The summed E-state index contributed by atoms with van der Waals surface area (Å²) in [4.78, 5) is 12.1. The lowest BCUT2D eigenvalue weighted by atomic mass is 10.0. The highest BCUT2D eigenvalue weighted by Gasteiger charge is 2.10. The van der Waals surface area contributed by atoms with E-state index in [1.807, 2.05) is 42.5 Å². The zero-order valence-electron chi connectivity index (χ0n) is 14.0. The number of carbonyl (C=O) groups is 1. The number of rotatable bonds is 9. The summed E-state index contributed by atoms with van der Waals surface area (Å²) in [6.07, 6.45) is 2.62. The normalized spacial score (nSPS) is 11.5. The van der Waals surface area contributed by atoms with Crippen molar-refractivity contribution in [3.63, 3.8) is 0 Å². The SMILES string of the molecule is C=CCOc1ccc(NC(=O)CNC(CC)c2ccccc2)cc1. The van der Waals surface area contributed by atoms with Gasteiger partial charge in [-0.2, -0.15) is 0 Å². The van der Waals surface area contributed by atoms with Crippen LogP contribution in [0.1, 0.15) is 24.9 Å². The molecular formula is C20H24N2O2. The molecule has 0 aliphatic carbocycles.